The molecule has 1 aliphatic heterocycles. The van der Waals surface area contributed by atoms with E-state index in [4.69, 9.17) is 16.3 Å². The van der Waals surface area contributed by atoms with Crippen LogP contribution in [0.15, 0.2) is 48.5 Å². The number of hydrogen-bond donors (Lipinski definition) is 1. The Kier molecular flexibility index (Phi) is 6.30. The molecule has 1 fully saturated rings. The number of halogens is 1. The zero-order valence-corrected chi connectivity index (χ0v) is 16.0. The summed E-state index contributed by atoms with van der Waals surface area (Å²) >= 11 is 5.96. The van der Waals surface area contributed by atoms with Crippen LogP contribution in [0.1, 0.15) is 24.9 Å². The van der Waals surface area contributed by atoms with Crippen LogP contribution in [-0.2, 0) is 9.53 Å². The van der Waals surface area contributed by atoms with Crippen LogP contribution in [0.3, 0.4) is 0 Å². The number of hydrogen-bond acceptors (Lipinski definition) is 4. The van der Waals surface area contributed by atoms with Crippen molar-refractivity contribution in [2.24, 2.45) is 0 Å². The first-order chi connectivity index (χ1) is 12.6. The van der Waals surface area contributed by atoms with Gasteiger partial charge >= 0.3 is 5.97 Å². The molecular weight excluding hydrogens is 348 g/mol. The lowest BCUT2D eigenvalue weighted by Crippen LogP contribution is -2.51. The Morgan fingerprint density at radius 1 is 1.19 bits per heavy atom. The molecule has 0 spiro atoms. The summed E-state index contributed by atoms with van der Waals surface area (Å²) in [4.78, 5) is 13.9. The Balaban J connectivity index is 1.66. The zero-order valence-electron chi connectivity index (χ0n) is 15.2. The number of nitrogens with zero attached hydrogens (tertiary/aromatic N) is 1. The van der Waals surface area contributed by atoms with Crippen molar-refractivity contribution in [1.29, 1.82) is 0 Å². The first-order valence-electron chi connectivity index (χ1n) is 8.97. The number of methoxy groups -OCH3 is 1. The third kappa shape index (κ3) is 4.64. The lowest BCUT2D eigenvalue weighted by atomic mass is 9.99. The van der Waals surface area contributed by atoms with Gasteiger partial charge in [-0.1, -0.05) is 48.0 Å². The fourth-order valence-corrected chi connectivity index (χ4v) is 3.56. The molecule has 1 saturated heterocycles. The molecule has 0 radical (unpaired) electrons. The van der Waals surface area contributed by atoms with Crippen molar-refractivity contribution in [3.8, 4) is 11.1 Å². The maximum Gasteiger partial charge on any atom is 0.307 e. The minimum Gasteiger partial charge on any atom is -0.469 e. The number of nitrogens with one attached hydrogen (secondary N) is 1. The van der Waals surface area contributed by atoms with Gasteiger partial charge in [-0.15, -0.1) is 0 Å². The summed E-state index contributed by atoms with van der Waals surface area (Å²) in [7, 11) is 1.44. The lowest BCUT2D eigenvalue weighted by Gasteiger charge is -2.37. The molecule has 26 heavy (non-hydrogen) atoms. The normalized spacial score (nSPS) is 19.1. The largest absolute Gasteiger partial charge is 0.469 e. The molecule has 4 nitrogen and oxygen atoms in total. The summed E-state index contributed by atoms with van der Waals surface area (Å²) in [6.45, 7) is 4.92. The molecule has 2 atom stereocenters. The number of piperazine rings is 1. The maximum atomic E-state index is 11.5. The molecule has 5 heteroatoms. The standard InChI is InChI=1S/C21H25ClN2O2/c1-15(24-12-11-23-20(14-24)13-21(25)26-2)16-3-5-17(6-4-16)18-7-9-19(22)10-8-18/h3-10,15,20,23H,11-14H2,1-2H3/t15-,20-/m1/s1. The van der Waals surface area contributed by atoms with Crippen molar-refractivity contribution in [2.75, 3.05) is 26.7 Å². The Hall–Kier alpha value is -1.88. The SMILES string of the molecule is COC(=O)C[C@@H]1CN([C@H](C)c2ccc(-c3ccc(Cl)cc3)cc2)CCN1. The highest BCUT2D eigenvalue weighted by molar-refractivity contribution is 6.30. The quantitative estimate of drug-likeness (QED) is 0.808. The highest BCUT2D eigenvalue weighted by atomic mass is 35.5. The Morgan fingerprint density at radius 2 is 1.81 bits per heavy atom. The van der Waals surface area contributed by atoms with Gasteiger partial charge in [0.25, 0.3) is 0 Å². The van der Waals surface area contributed by atoms with Crippen molar-refractivity contribution in [1.82, 2.24) is 10.2 Å². The molecule has 1 aliphatic rings. The zero-order chi connectivity index (χ0) is 18.5. The molecule has 0 saturated carbocycles. The van der Waals surface area contributed by atoms with Crippen LogP contribution in [0.5, 0.6) is 0 Å². The van der Waals surface area contributed by atoms with Crippen molar-refractivity contribution in [2.45, 2.75) is 25.4 Å². The minimum atomic E-state index is -0.163. The molecule has 0 bridgehead atoms. The van der Waals surface area contributed by atoms with Gasteiger partial charge in [0.05, 0.1) is 13.5 Å². The summed E-state index contributed by atoms with van der Waals surface area (Å²) in [5.41, 5.74) is 3.62. The fraction of sp³-hybridized carbons (Fsp3) is 0.381. The van der Waals surface area contributed by atoms with E-state index >= 15 is 0 Å². The fourth-order valence-electron chi connectivity index (χ4n) is 3.43. The number of esters is 1. The van der Waals surface area contributed by atoms with Crippen LogP contribution < -0.4 is 5.32 Å². The van der Waals surface area contributed by atoms with Gasteiger partial charge in [-0.05, 0) is 35.7 Å². The Morgan fingerprint density at radius 3 is 2.42 bits per heavy atom. The molecule has 1 N–H and O–H groups in total. The van der Waals surface area contributed by atoms with Crippen molar-refractivity contribution >= 4 is 17.6 Å². The van der Waals surface area contributed by atoms with Crippen LogP contribution >= 0.6 is 11.6 Å². The van der Waals surface area contributed by atoms with Crippen LogP contribution in [-0.4, -0.2) is 43.7 Å². The van der Waals surface area contributed by atoms with Crippen LogP contribution in [0.2, 0.25) is 5.02 Å². The van der Waals surface area contributed by atoms with E-state index in [1.807, 2.05) is 24.3 Å². The van der Waals surface area contributed by atoms with E-state index in [0.29, 0.717) is 12.5 Å². The molecule has 2 aromatic carbocycles. The smallest absolute Gasteiger partial charge is 0.307 e. The molecule has 0 unspecified atom stereocenters. The van der Waals surface area contributed by atoms with E-state index in [1.54, 1.807) is 0 Å². The van der Waals surface area contributed by atoms with Gasteiger partial charge < -0.3 is 10.1 Å². The van der Waals surface area contributed by atoms with Gasteiger partial charge in [0.15, 0.2) is 0 Å². The predicted molar refractivity (Wildman–Crippen MR) is 105 cm³/mol. The third-order valence-corrected chi connectivity index (χ3v) is 5.30. The number of benzene rings is 2. The summed E-state index contributed by atoms with van der Waals surface area (Å²) in [5.74, 6) is -0.163. The number of rotatable bonds is 5. The summed E-state index contributed by atoms with van der Waals surface area (Å²) in [6.07, 6.45) is 0.412. The van der Waals surface area contributed by atoms with Crippen molar-refractivity contribution in [3.05, 3.63) is 59.1 Å². The van der Waals surface area contributed by atoms with Gasteiger partial charge in [-0.25, -0.2) is 0 Å². The predicted octanol–water partition coefficient (Wildman–Crippen LogP) is 3.90. The Labute approximate surface area is 160 Å². The second-order valence-corrected chi connectivity index (χ2v) is 7.17. The van der Waals surface area contributed by atoms with Gasteiger partial charge in [0.1, 0.15) is 0 Å². The van der Waals surface area contributed by atoms with E-state index < -0.39 is 0 Å². The van der Waals surface area contributed by atoms with Gasteiger partial charge in [-0.3, -0.25) is 9.69 Å². The highest BCUT2D eigenvalue weighted by Crippen LogP contribution is 2.26. The molecule has 0 aromatic heterocycles. The molecule has 0 aliphatic carbocycles. The highest BCUT2D eigenvalue weighted by Gasteiger charge is 2.25. The van der Waals surface area contributed by atoms with Gasteiger partial charge in [0.2, 0.25) is 0 Å². The first-order valence-corrected chi connectivity index (χ1v) is 9.35. The average Bonchev–Trinajstić information content (AvgIpc) is 2.68. The second kappa shape index (κ2) is 8.67. The number of carbonyl (C=O) groups excluding carboxylic acids is 1. The lowest BCUT2D eigenvalue weighted by molar-refractivity contribution is -0.141. The molecule has 0 amide bonds. The molecule has 2 aromatic rings. The van der Waals surface area contributed by atoms with Gasteiger partial charge in [0, 0.05) is 36.7 Å². The third-order valence-electron chi connectivity index (χ3n) is 5.05. The molecular formula is C21H25ClN2O2. The van der Waals surface area contributed by atoms with E-state index in [9.17, 15) is 4.79 Å². The monoisotopic (exact) mass is 372 g/mol. The van der Waals surface area contributed by atoms with Crippen molar-refractivity contribution in [3.63, 3.8) is 0 Å². The van der Waals surface area contributed by atoms with Crippen LogP contribution in [0.4, 0.5) is 0 Å². The second-order valence-electron chi connectivity index (χ2n) is 6.73. The average molecular weight is 373 g/mol. The molecule has 3 rings (SSSR count). The van der Waals surface area contributed by atoms with E-state index in [1.165, 1.54) is 18.2 Å². The molecule has 138 valence electrons. The summed E-state index contributed by atoms with van der Waals surface area (Å²) < 4.78 is 4.79. The van der Waals surface area contributed by atoms with Crippen LogP contribution in [0, 0.1) is 0 Å². The minimum absolute atomic E-state index is 0.145. The Bertz CT molecular complexity index is 731. The van der Waals surface area contributed by atoms with E-state index in [0.717, 1.165) is 30.2 Å². The number of ether oxygens (including phenoxy) is 1. The summed E-state index contributed by atoms with van der Waals surface area (Å²) in [5, 5.41) is 4.15. The first kappa shape index (κ1) is 18.9. The van der Waals surface area contributed by atoms with Crippen LogP contribution in [0.25, 0.3) is 11.1 Å². The van der Waals surface area contributed by atoms with Gasteiger partial charge in [-0.2, -0.15) is 0 Å². The van der Waals surface area contributed by atoms with Crippen molar-refractivity contribution < 1.29 is 9.53 Å². The topological polar surface area (TPSA) is 41.6 Å². The molecule has 1 heterocycles. The van der Waals surface area contributed by atoms with E-state index in [2.05, 4.69) is 41.4 Å². The maximum absolute atomic E-state index is 11.5. The van der Waals surface area contributed by atoms with E-state index in [-0.39, 0.29) is 12.0 Å². The summed E-state index contributed by atoms with van der Waals surface area (Å²) in [6, 6.07) is 17.0. The number of carbonyl (C=O) groups is 1.